The van der Waals surface area contributed by atoms with E-state index in [1.54, 1.807) is 19.1 Å². The van der Waals surface area contributed by atoms with Gasteiger partial charge in [-0.1, -0.05) is 0 Å². The van der Waals surface area contributed by atoms with E-state index in [9.17, 15) is 14.4 Å². The summed E-state index contributed by atoms with van der Waals surface area (Å²) in [5, 5.41) is 2.62. The van der Waals surface area contributed by atoms with Crippen molar-refractivity contribution in [3.8, 4) is 0 Å². The Morgan fingerprint density at radius 2 is 2.05 bits per heavy atom. The second-order valence-electron chi connectivity index (χ2n) is 5.02. The van der Waals surface area contributed by atoms with Crippen molar-refractivity contribution in [1.29, 1.82) is 0 Å². The molecule has 3 N–H and O–H groups in total. The molecule has 2 atom stereocenters. The first kappa shape index (κ1) is 15.0. The molecule has 7 heteroatoms. The Labute approximate surface area is 122 Å². The van der Waals surface area contributed by atoms with Gasteiger partial charge in [-0.15, -0.1) is 0 Å². The van der Waals surface area contributed by atoms with Crippen LogP contribution in [-0.4, -0.2) is 46.2 Å². The van der Waals surface area contributed by atoms with Gasteiger partial charge >= 0.3 is 0 Å². The van der Waals surface area contributed by atoms with Gasteiger partial charge in [0.25, 0.3) is 5.91 Å². The van der Waals surface area contributed by atoms with E-state index >= 15 is 0 Å². The minimum atomic E-state index is -0.717. The molecule has 0 bridgehead atoms. The number of carbonyl (C=O) groups is 3. The van der Waals surface area contributed by atoms with Crippen molar-refractivity contribution in [2.24, 2.45) is 5.73 Å². The first-order chi connectivity index (χ1) is 10.0. The first-order valence-corrected chi connectivity index (χ1v) is 6.81. The van der Waals surface area contributed by atoms with Gasteiger partial charge < -0.3 is 16.0 Å². The van der Waals surface area contributed by atoms with Gasteiger partial charge in [-0.05, 0) is 31.9 Å². The number of nitrogens with two attached hydrogens (primary N) is 1. The van der Waals surface area contributed by atoms with Crippen molar-refractivity contribution >= 4 is 17.7 Å². The fourth-order valence-corrected chi connectivity index (χ4v) is 2.42. The summed E-state index contributed by atoms with van der Waals surface area (Å²) in [5.41, 5.74) is 5.72. The minimum absolute atomic E-state index is 0.293. The van der Waals surface area contributed by atoms with Gasteiger partial charge in [-0.2, -0.15) is 0 Å². The van der Waals surface area contributed by atoms with Gasteiger partial charge in [0, 0.05) is 24.5 Å². The molecule has 112 valence electrons. The van der Waals surface area contributed by atoms with Crippen molar-refractivity contribution in [3.05, 3.63) is 30.1 Å². The van der Waals surface area contributed by atoms with E-state index < -0.39 is 18.0 Å². The van der Waals surface area contributed by atoms with E-state index in [1.165, 1.54) is 17.3 Å². The molecule has 1 aliphatic rings. The quantitative estimate of drug-likeness (QED) is 0.792. The molecular weight excluding hydrogens is 272 g/mol. The molecule has 1 saturated heterocycles. The third kappa shape index (κ3) is 3.36. The molecule has 7 nitrogen and oxygen atoms in total. The molecule has 1 fully saturated rings. The van der Waals surface area contributed by atoms with Crippen molar-refractivity contribution < 1.29 is 14.4 Å². The Morgan fingerprint density at radius 1 is 1.38 bits per heavy atom. The molecule has 2 heterocycles. The Morgan fingerprint density at radius 3 is 2.67 bits per heavy atom. The minimum Gasteiger partial charge on any atom is -0.368 e. The highest BCUT2D eigenvalue weighted by Gasteiger charge is 2.35. The lowest BCUT2D eigenvalue weighted by molar-refractivity contribution is -0.138. The average molecular weight is 290 g/mol. The fourth-order valence-electron chi connectivity index (χ4n) is 2.42. The number of pyridine rings is 1. The van der Waals surface area contributed by atoms with Gasteiger partial charge in [-0.25, -0.2) is 0 Å². The van der Waals surface area contributed by atoms with Crippen LogP contribution in [0, 0.1) is 0 Å². The van der Waals surface area contributed by atoms with E-state index in [4.69, 9.17) is 5.73 Å². The Kier molecular flexibility index (Phi) is 4.52. The number of hydrogen-bond acceptors (Lipinski definition) is 4. The maximum atomic E-state index is 12.3. The third-order valence-electron chi connectivity index (χ3n) is 3.52. The van der Waals surface area contributed by atoms with Gasteiger partial charge in [0.15, 0.2) is 0 Å². The lowest BCUT2D eigenvalue weighted by atomic mass is 10.2. The van der Waals surface area contributed by atoms with Crippen LogP contribution in [0.5, 0.6) is 0 Å². The van der Waals surface area contributed by atoms with E-state index in [0.29, 0.717) is 18.5 Å². The van der Waals surface area contributed by atoms with Gasteiger partial charge in [0.2, 0.25) is 11.8 Å². The maximum Gasteiger partial charge on any atom is 0.252 e. The molecule has 0 saturated carbocycles. The number of nitrogens with one attached hydrogen (secondary N) is 1. The van der Waals surface area contributed by atoms with Crippen LogP contribution in [0.1, 0.15) is 30.1 Å². The topological polar surface area (TPSA) is 105 Å². The number of amides is 3. The molecule has 1 aromatic heterocycles. The summed E-state index contributed by atoms with van der Waals surface area (Å²) < 4.78 is 0. The molecule has 0 aliphatic carbocycles. The number of aromatic nitrogens is 1. The molecule has 21 heavy (non-hydrogen) atoms. The van der Waals surface area contributed by atoms with Crippen LogP contribution < -0.4 is 11.1 Å². The maximum absolute atomic E-state index is 12.3. The Bertz CT molecular complexity index is 546. The molecule has 1 aliphatic heterocycles. The molecule has 0 radical (unpaired) electrons. The average Bonchev–Trinajstić information content (AvgIpc) is 2.96. The molecular formula is C14H18N4O3. The summed E-state index contributed by atoms with van der Waals surface area (Å²) in [4.78, 5) is 40.9. The molecule has 2 rings (SSSR count). The molecule has 3 amide bonds. The number of rotatable bonds is 4. The van der Waals surface area contributed by atoms with E-state index in [2.05, 4.69) is 10.3 Å². The predicted molar refractivity (Wildman–Crippen MR) is 75.1 cm³/mol. The second-order valence-corrected chi connectivity index (χ2v) is 5.02. The van der Waals surface area contributed by atoms with Gasteiger partial charge in [0.05, 0.1) is 0 Å². The molecule has 0 spiro atoms. The SMILES string of the molecule is CC(NC(=O)c1ccncc1)C(=O)N1CCCC1C(N)=O. The lowest BCUT2D eigenvalue weighted by Crippen LogP contribution is -2.51. The summed E-state index contributed by atoms with van der Waals surface area (Å²) >= 11 is 0. The molecule has 0 aromatic carbocycles. The summed E-state index contributed by atoms with van der Waals surface area (Å²) in [5.74, 6) is -1.15. The summed E-state index contributed by atoms with van der Waals surface area (Å²) in [6.07, 6.45) is 4.33. The summed E-state index contributed by atoms with van der Waals surface area (Å²) in [7, 11) is 0. The monoisotopic (exact) mass is 290 g/mol. The number of primary amides is 1. The highest BCUT2D eigenvalue weighted by molar-refractivity contribution is 5.98. The van der Waals surface area contributed by atoms with E-state index in [0.717, 1.165) is 6.42 Å². The van der Waals surface area contributed by atoms with Crippen molar-refractivity contribution in [2.75, 3.05) is 6.54 Å². The number of likely N-dealkylation sites (tertiary alicyclic amines) is 1. The third-order valence-corrected chi connectivity index (χ3v) is 3.52. The van der Waals surface area contributed by atoms with Crippen LogP contribution >= 0.6 is 0 Å². The first-order valence-electron chi connectivity index (χ1n) is 6.81. The largest absolute Gasteiger partial charge is 0.368 e. The van der Waals surface area contributed by atoms with E-state index in [-0.39, 0.29) is 11.8 Å². The summed E-state index contributed by atoms with van der Waals surface area (Å²) in [6.45, 7) is 2.08. The molecule has 2 unspecified atom stereocenters. The second kappa shape index (κ2) is 6.34. The Balaban J connectivity index is 2.00. The number of hydrogen-bond donors (Lipinski definition) is 2. The zero-order chi connectivity index (χ0) is 15.4. The van der Waals surface area contributed by atoms with Crippen LogP contribution in [-0.2, 0) is 9.59 Å². The zero-order valence-electron chi connectivity index (χ0n) is 11.8. The van der Waals surface area contributed by atoms with Crippen molar-refractivity contribution in [1.82, 2.24) is 15.2 Å². The van der Waals surface area contributed by atoms with Crippen LogP contribution in [0.2, 0.25) is 0 Å². The van der Waals surface area contributed by atoms with Crippen LogP contribution in [0.25, 0.3) is 0 Å². The Hall–Kier alpha value is -2.44. The van der Waals surface area contributed by atoms with E-state index in [1.807, 2.05) is 0 Å². The number of carbonyl (C=O) groups excluding carboxylic acids is 3. The standard InChI is InChI=1S/C14H18N4O3/c1-9(17-13(20)10-4-6-16-7-5-10)14(21)18-8-2-3-11(18)12(15)19/h4-7,9,11H,2-3,8H2,1H3,(H2,15,19)(H,17,20). The number of nitrogens with zero attached hydrogens (tertiary/aromatic N) is 2. The van der Waals surface area contributed by atoms with Gasteiger partial charge in [-0.3, -0.25) is 19.4 Å². The highest BCUT2D eigenvalue weighted by Crippen LogP contribution is 2.18. The van der Waals surface area contributed by atoms with Gasteiger partial charge in [0.1, 0.15) is 12.1 Å². The lowest BCUT2D eigenvalue weighted by Gasteiger charge is -2.25. The van der Waals surface area contributed by atoms with Crippen LogP contribution in [0.3, 0.4) is 0 Å². The zero-order valence-corrected chi connectivity index (χ0v) is 11.8. The van der Waals surface area contributed by atoms with Crippen LogP contribution in [0.15, 0.2) is 24.5 Å². The van der Waals surface area contributed by atoms with Crippen molar-refractivity contribution in [2.45, 2.75) is 31.8 Å². The summed E-state index contributed by atoms with van der Waals surface area (Å²) in [6, 6.07) is 1.84. The molecule has 1 aromatic rings. The van der Waals surface area contributed by atoms with Crippen LogP contribution in [0.4, 0.5) is 0 Å². The normalized spacial score (nSPS) is 19.1. The highest BCUT2D eigenvalue weighted by atomic mass is 16.2. The fraction of sp³-hybridized carbons (Fsp3) is 0.429. The van der Waals surface area contributed by atoms with Crippen molar-refractivity contribution in [3.63, 3.8) is 0 Å². The predicted octanol–water partition coefficient (Wildman–Crippen LogP) is -0.324. The smallest absolute Gasteiger partial charge is 0.252 e.